The highest BCUT2D eigenvalue weighted by Gasteiger charge is 2.23. The largest absolute Gasteiger partial charge is 0.465 e. The Balaban J connectivity index is 1.60. The average Bonchev–Trinajstić information content (AvgIpc) is 3.25. The van der Waals surface area contributed by atoms with Gasteiger partial charge < -0.3 is 14.4 Å². The number of ether oxygens (including phenoxy) is 2. The molecule has 0 bridgehead atoms. The van der Waals surface area contributed by atoms with Crippen LogP contribution in [0.3, 0.4) is 0 Å². The maximum absolute atomic E-state index is 12.2. The first-order valence-electron chi connectivity index (χ1n) is 11.2. The molecule has 34 heavy (non-hydrogen) atoms. The highest BCUT2D eigenvalue weighted by molar-refractivity contribution is 9.10. The zero-order chi connectivity index (χ0) is 24.2. The molecule has 0 atom stereocenters. The summed E-state index contributed by atoms with van der Waals surface area (Å²) in [5.41, 5.74) is 3.80. The minimum Gasteiger partial charge on any atom is -0.465 e. The molecule has 2 aromatic carbocycles. The predicted octanol–water partition coefficient (Wildman–Crippen LogP) is 5.73. The maximum atomic E-state index is 12.2. The normalized spacial score (nSPS) is 13.4. The van der Waals surface area contributed by atoms with Gasteiger partial charge in [0.1, 0.15) is 11.5 Å². The van der Waals surface area contributed by atoms with Gasteiger partial charge in [-0.25, -0.2) is 4.79 Å². The van der Waals surface area contributed by atoms with E-state index in [1.165, 1.54) is 7.11 Å². The molecule has 7 nitrogen and oxygen atoms in total. The van der Waals surface area contributed by atoms with Crippen LogP contribution in [0.15, 0.2) is 53.0 Å². The van der Waals surface area contributed by atoms with Crippen molar-refractivity contribution in [3.63, 3.8) is 0 Å². The fraction of sp³-hybridized carbons (Fsp3) is 0.308. The molecule has 2 heterocycles. The molecule has 1 saturated heterocycles. The lowest BCUT2D eigenvalue weighted by atomic mass is 10.1. The van der Waals surface area contributed by atoms with Gasteiger partial charge >= 0.3 is 5.97 Å². The van der Waals surface area contributed by atoms with E-state index in [4.69, 9.17) is 9.47 Å². The Labute approximate surface area is 207 Å². The van der Waals surface area contributed by atoms with Gasteiger partial charge in [0.15, 0.2) is 0 Å². The average molecular weight is 524 g/mol. The van der Waals surface area contributed by atoms with Crippen LogP contribution in [0.5, 0.6) is 11.5 Å². The molecule has 0 saturated carbocycles. The zero-order valence-corrected chi connectivity index (χ0v) is 21.0. The van der Waals surface area contributed by atoms with Crippen LogP contribution < -0.4 is 4.74 Å². The highest BCUT2D eigenvalue weighted by Crippen LogP contribution is 2.34. The Morgan fingerprint density at radius 2 is 1.88 bits per heavy atom. The summed E-state index contributed by atoms with van der Waals surface area (Å²) < 4.78 is 11.7. The lowest BCUT2D eigenvalue weighted by Crippen LogP contribution is -2.24. The van der Waals surface area contributed by atoms with Crippen molar-refractivity contribution in [1.82, 2.24) is 15.1 Å². The lowest BCUT2D eigenvalue weighted by molar-refractivity contribution is -0.128. The summed E-state index contributed by atoms with van der Waals surface area (Å²) in [6.07, 6.45) is 1.40. The molecular formula is C26H26BrN3O4. The molecule has 0 N–H and O–H groups in total. The van der Waals surface area contributed by atoms with Crippen molar-refractivity contribution in [1.29, 1.82) is 0 Å². The van der Waals surface area contributed by atoms with Crippen molar-refractivity contribution in [3.05, 3.63) is 69.8 Å². The second-order valence-corrected chi connectivity index (χ2v) is 9.33. The van der Waals surface area contributed by atoms with E-state index < -0.39 is 5.97 Å². The topological polar surface area (TPSA) is 81.6 Å². The minimum atomic E-state index is -0.473. The van der Waals surface area contributed by atoms with E-state index in [2.05, 4.69) is 40.0 Å². The molecule has 0 radical (unpaired) electrons. The molecule has 1 aromatic heterocycles. The van der Waals surface area contributed by atoms with Crippen molar-refractivity contribution < 1.29 is 19.1 Å². The number of rotatable bonds is 7. The van der Waals surface area contributed by atoms with Crippen LogP contribution in [0.4, 0.5) is 0 Å². The first-order valence-corrected chi connectivity index (χ1v) is 12.0. The van der Waals surface area contributed by atoms with Gasteiger partial charge in [0.05, 0.1) is 24.1 Å². The number of nitrogens with zero attached hydrogens (tertiary/aromatic N) is 3. The van der Waals surface area contributed by atoms with Gasteiger partial charge in [0.25, 0.3) is 0 Å². The molecule has 0 spiro atoms. The van der Waals surface area contributed by atoms with Crippen molar-refractivity contribution in [2.75, 3.05) is 13.7 Å². The molecule has 1 fully saturated rings. The predicted molar refractivity (Wildman–Crippen MR) is 132 cm³/mol. The van der Waals surface area contributed by atoms with Gasteiger partial charge in [-0.15, -0.1) is 0 Å². The van der Waals surface area contributed by atoms with Gasteiger partial charge in [-0.05, 0) is 76.8 Å². The Morgan fingerprint density at radius 1 is 1.12 bits per heavy atom. The van der Waals surface area contributed by atoms with E-state index in [0.29, 0.717) is 47.0 Å². The summed E-state index contributed by atoms with van der Waals surface area (Å²) in [6, 6.07) is 14.9. The number of hydrogen-bond acceptors (Lipinski definition) is 6. The zero-order valence-electron chi connectivity index (χ0n) is 19.4. The van der Waals surface area contributed by atoms with E-state index in [9.17, 15) is 9.59 Å². The quantitative estimate of drug-likeness (QED) is 0.367. The maximum Gasteiger partial charge on any atom is 0.339 e. The van der Waals surface area contributed by atoms with E-state index in [1.54, 1.807) is 11.0 Å². The summed E-state index contributed by atoms with van der Waals surface area (Å²) in [5, 5.41) is 8.62. The summed E-state index contributed by atoms with van der Waals surface area (Å²) in [4.78, 5) is 26.2. The summed E-state index contributed by atoms with van der Waals surface area (Å²) in [7, 11) is 1.33. The Bertz CT molecular complexity index is 1190. The number of esters is 1. The molecule has 0 unspecified atom stereocenters. The third-order valence-electron chi connectivity index (χ3n) is 5.74. The number of benzene rings is 2. The van der Waals surface area contributed by atoms with Crippen molar-refractivity contribution in [2.24, 2.45) is 0 Å². The number of carbonyl (C=O) groups is 2. The van der Waals surface area contributed by atoms with Crippen LogP contribution in [0.2, 0.25) is 0 Å². The number of likely N-dealkylation sites (tertiary alicyclic amines) is 1. The van der Waals surface area contributed by atoms with Crippen molar-refractivity contribution >= 4 is 27.8 Å². The van der Waals surface area contributed by atoms with Crippen LogP contribution in [0, 0.1) is 0 Å². The number of hydrogen-bond donors (Lipinski definition) is 0. The van der Waals surface area contributed by atoms with Crippen LogP contribution in [0.25, 0.3) is 11.3 Å². The molecule has 1 amide bonds. The molecule has 176 valence electrons. The van der Waals surface area contributed by atoms with Crippen LogP contribution in [0.1, 0.15) is 54.2 Å². The molecule has 1 aliphatic rings. The van der Waals surface area contributed by atoms with E-state index in [1.807, 2.05) is 42.5 Å². The van der Waals surface area contributed by atoms with E-state index in [0.717, 1.165) is 28.9 Å². The summed E-state index contributed by atoms with van der Waals surface area (Å²) in [6.45, 7) is 5.28. The minimum absolute atomic E-state index is 0.119. The van der Waals surface area contributed by atoms with Crippen LogP contribution in [-0.2, 0) is 16.1 Å². The number of amides is 1. The fourth-order valence-corrected chi connectivity index (χ4v) is 4.33. The van der Waals surface area contributed by atoms with Crippen LogP contribution in [-0.4, -0.2) is 40.6 Å². The second kappa shape index (κ2) is 10.3. The highest BCUT2D eigenvalue weighted by atomic mass is 79.9. The van der Waals surface area contributed by atoms with Crippen molar-refractivity contribution in [2.45, 2.75) is 39.2 Å². The number of aromatic nitrogens is 2. The third kappa shape index (κ3) is 5.28. The van der Waals surface area contributed by atoms with Crippen molar-refractivity contribution in [3.8, 4) is 22.8 Å². The smallest absolute Gasteiger partial charge is 0.339 e. The lowest BCUT2D eigenvalue weighted by Gasteiger charge is -2.19. The van der Waals surface area contributed by atoms with E-state index >= 15 is 0 Å². The molecular weight excluding hydrogens is 498 g/mol. The molecule has 0 aliphatic carbocycles. The van der Waals surface area contributed by atoms with Gasteiger partial charge in [-0.1, -0.05) is 13.8 Å². The number of carbonyl (C=O) groups excluding carboxylic acids is 2. The number of halogens is 1. The molecule has 4 rings (SSSR count). The molecule has 8 heteroatoms. The Morgan fingerprint density at radius 3 is 2.47 bits per heavy atom. The first kappa shape index (κ1) is 23.9. The van der Waals surface area contributed by atoms with Gasteiger partial charge in [0, 0.05) is 35.1 Å². The standard InChI is InChI=1S/C26H26BrN3O4/c1-16(2)22-10-11-23(29-28-22)17-6-8-19(9-7-17)34-24-14-20(26(32)33-3)21(27)13-18(24)15-30-12-4-5-25(30)31/h6-11,13-14,16H,4-5,12,15H2,1-3H3. The third-order valence-corrected chi connectivity index (χ3v) is 6.40. The Hall–Kier alpha value is -3.26. The van der Waals surface area contributed by atoms with Crippen LogP contribution >= 0.6 is 15.9 Å². The SMILES string of the molecule is COC(=O)c1cc(Oc2ccc(-c3ccc(C(C)C)nn3)cc2)c(CN2CCCC2=O)cc1Br. The molecule has 1 aliphatic heterocycles. The fourth-order valence-electron chi connectivity index (χ4n) is 3.78. The Kier molecular flexibility index (Phi) is 7.26. The van der Waals surface area contributed by atoms with Gasteiger partial charge in [-0.3, -0.25) is 4.79 Å². The number of methoxy groups -OCH3 is 1. The summed E-state index contributed by atoms with van der Waals surface area (Å²) >= 11 is 3.45. The first-order chi connectivity index (χ1) is 16.4. The van der Waals surface area contributed by atoms with Gasteiger partial charge in [-0.2, -0.15) is 10.2 Å². The monoisotopic (exact) mass is 523 g/mol. The second-order valence-electron chi connectivity index (χ2n) is 8.47. The van der Waals surface area contributed by atoms with E-state index in [-0.39, 0.29) is 5.91 Å². The summed E-state index contributed by atoms with van der Waals surface area (Å²) in [5.74, 6) is 1.07. The van der Waals surface area contributed by atoms with Gasteiger partial charge in [0.2, 0.25) is 5.91 Å². The molecule has 3 aromatic rings.